The van der Waals surface area contributed by atoms with E-state index in [-0.39, 0.29) is 17.4 Å². The van der Waals surface area contributed by atoms with Crippen molar-refractivity contribution >= 4 is 5.91 Å². The number of hydrogen-bond acceptors (Lipinski definition) is 5. The molecule has 1 amide bonds. The average molecular weight is 356 g/mol. The SMILES string of the molecule is Cc1ccc(C(=O)N2CC[C@@H]3OCCC[C@@]3(COc3ccccn3)C2)o1. The standard InChI is InChI=1S/C20H24N2O4/c1-15-6-7-16(26-15)19(23)22-11-8-17-20(13-22,9-4-12-24-17)14-25-18-5-2-3-10-21-18/h2-3,5-7,10,17H,4,8-9,11-14H2,1H3/t17-,20-/m0/s1. The highest BCUT2D eigenvalue weighted by atomic mass is 16.5. The van der Waals surface area contributed by atoms with Gasteiger partial charge in [-0.15, -0.1) is 0 Å². The summed E-state index contributed by atoms with van der Waals surface area (Å²) >= 11 is 0. The number of carbonyl (C=O) groups is 1. The fourth-order valence-corrected chi connectivity index (χ4v) is 4.03. The molecule has 2 fully saturated rings. The zero-order chi connectivity index (χ0) is 18.0. The van der Waals surface area contributed by atoms with Crippen LogP contribution in [0.3, 0.4) is 0 Å². The molecule has 138 valence electrons. The number of fused-ring (bicyclic) bond motifs is 1. The number of hydrogen-bond donors (Lipinski definition) is 0. The first-order chi connectivity index (χ1) is 12.7. The van der Waals surface area contributed by atoms with Crippen molar-refractivity contribution < 1.29 is 18.7 Å². The number of furan rings is 1. The Morgan fingerprint density at radius 2 is 2.31 bits per heavy atom. The molecular weight excluding hydrogens is 332 g/mol. The lowest BCUT2D eigenvalue weighted by Crippen LogP contribution is -2.58. The molecule has 2 aliphatic rings. The summed E-state index contributed by atoms with van der Waals surface area (Å²) in [6, 6.07) is 9.20. The Labute approximate surface area is 153 Å². The number of amides is 1. The third-order valence-corrected chi connectivity index (χ3v) is 5.37. The van der Waals surface area contributed by atoms with Crippen LogP contribution in [-0.2, 0) is 4.74 Å². The molecule has 0 aliphatic carbocycles. The predicted molar refractivity (Wildman–Crippen MR) is 95.1 cm³/mol. The second kappa shape index (κ2) is 7.11. The molecule has 2 saturated heterocycles. The molecule has 0 unspecified atom stereocenters. The van der Waals surface area contributed by atoms with Crippen LogP contribution in [0.5, 0.6) is 5.88 Å². The summed E-state index contributed by atoms with van der Waals surface area (Å²) in [6.07, 6.45) is 4.60. The fourth-order valence-electron chi connectivity index (χ4n) is 4.03. The molecule has 6 heteroatoms. The van der Waals surface area contributed by atoms with E-state index in [2.05, 4.69) is 4.98 Å². The molecule has 0 N–H and O–H groups in total. The van der Waals surface area contributed by atoms with E-state index < -0.39 is 0 Å². The van der Waals surface area contributed by atoms with Crippen LogP contribution in [0.2, 0.25) is 0 Å². The third-order valence-electron chi connectivity index (χ3n) is 5.37. The minimum atomic E-state index is -0.203. The molecule has 26 heavy (non-hydrogen) atoms. The zero-order valence-corrected chi connectivity index (χ0v) is 15.0. The van der Waals surface area contributed by atoms with E-state index >= 15 is 0 Å². The Morgan fingerprint density at radius 1 is 1.38 bits per heavy atom. The number of pyridine rings is 1. The average Bonchev–Trinajstić information content (AvgIpc) is 3.12. The Morgan fingerprint density at radius 3 is 3.08 bits per heavy atom. The monoisotopic (exact) mass is 356 g/mol. The van der Waals surface area contributed by atoms with Gasteiger partial charge in [-0.3, -0.25) is 4.79 Å². The molecule has 2 aliphatic heterocycles. The minimum absolute atomic E-state index is 0.0562. The first-order valence-corrected chi connectivity index (χ1v) is 9.17. The molecule has 2 atom stereocenters. The lowest BCUT2D eigenvalue weighted by molar-refractivity contribution is -0.133. The van der Waals surface area contributed by atoms with Crippen LogP contribution in [0.15, 0.2) is 40.9 Å². The van der Waals surface area contributed by atoms with Crippen LogP contribution >= 0.6 is 0 Å². The van der Waals surface area contributed by atoms with Crippen molar-refractivity contribution in [3.8, 4) is 5.88 Å². The smallest absolute Gasteiger partial charge is 0.289 e. The van der Waals surface area contributed by atoms with E-state index in [1.165, 1.54) is 0 Å². The highest BCUT2D eigenvalue weighted by Crippen LogP contribution is 2.41. The Hall–Kier alpha value is -2.34. The van der Waals surface area contributed by atoms with Crippen molar-refractivity contribution in [3.63, 3.8) is 0 Å². The molecule has 6 nitrogen and oxygen atoms in total. The molecule has 2 aromatic heterocycles. The van der Waals surface area contributed by atoms with Gasteiger partial charge in [-0.1, -0.05) is 6.07 Å². The number of aromatic nitrogens is 1. The lowest BCUT2D eigenvalue weighted by Gasteiger charge is -2.49. The van der Waals surface area contributed by atoms with Gasteiger partial charge in [0.2, 0.25) is 5.88 Å². The molecule has 0 aromatic carbocycles. The van der Waals surface area contributed by atoms with Gasteiger partial charge in [0.05, 0.1) is 12.7 Å². The van der Waals surface area contributed by atoms with E-state index in [4.69, 9.17) is 13.9 Å². The summed E-state index contributed by atoms with van der Waals surface area (Å²) in [7, 11) is 0. The first-order valence-electron chi connectivity index (χ1n) is 9.17. The number of aryl methyl sites for hydroxylation is 1. The van der Waals surface area contributed by atoms with E-state index in [1.54, 1.807) is 12.3 Å². The number of carbonyl (C=O) groups excluding carboxylic acids is 1. The third kappa shape index (κ3) is 3.33. The molecule has 0 spiro atoms. The number of piperidine rings is 1. The molecule has 0 radical (unpaired) electrons. The largest absolute Gasteiger partial charge is 0.477 e. The van der Waals surface area contributed by atoms with Crippen molar-refractivity contribution in [2.24, 2.45) is 5.41 Å². The van der Waals surface area contributed by atoms with Crippen LogP contribution in [0, 0.1) is 12.3 Å². The molecule has 0 saturated carbocycles. The minimum Gasteiger partial charge on any atom is -0.477 e. The van der Waals surface area contributed by atoms with Gasteiger partial charge in [0.15, 0.2) is 5.76 Å². The maximum Gasteiger partial charge on any atom is 0.289 e. The Balaban J connectivity index is 1.51. The summed E-state index contributed by atoms with van der Waals surface area (Å²) in [5.74, 6) is 1.70. The Kier molecular flexibility index (Phi) is 4.68. The molecule has 4 heterocycles. The number of ether oxygens (including phenoxy) is 2. The van der Waals surface area contributed by atoms with Gasteiger partial charge in [0, 0.05) is 37.4 Å². The van der Waals surface area contributed by atoms with Crippen LogP contribution in [-0.4, -0.2) is 48.2 Å². The van der Waals surface area contributed by atoms with Gasteiger partial charge in [-0.2, -0.15) is 0 Å². The van der Waals surface area contributed by atoms with E-state index in [9.17, 15) is 4.79 Å². The number of likely N-dealkylation sites (tertiary alicyclic amines) is 1. The molecule has 2 aromatic rings. The molecular formula is C20H24N2O4. The van der Waals surface area contributed by atoms with Crippen LogP contribution in [0.25, 0.3) is 0 Å². The summed E-state index contributed by atoms with van der Waals surface area (Å²) in [5.41, 5.74) is -0.203. The molecule has 0 bridgehead atoms. The van der Waals surface area contributed by atoms with Crippen molar-refractivity contribution in [3.05, 3.63) is 48.0 Å². The van der Waals surface area contributed by atoms with Crippen LogP contribution < -0.4 is 4.74 Å². The normalized spacial score (nSPS) is 25.6. The summed E-state index contributed by atoms with van der Waals surface area (Å²) in [5, 5.41) is 0. The first kappa shape index (κ1) is 17.1. The van der Waals surface area contributed by atoms with Crippen LogP contribution in [0.1, 0.15) is 35.6 Å². The van der Waals surface area contributed by atoms with Gasteiger partial charge in [0.25, 0.3) is 5.91 Å². The topological polar surface area (TPSA) is 64.8 Å². The van der Waals surface area contributed by atoms with Crippen molar-refractivity contribution in [2.75, 3.05) is 26.3 Å². The van der Waals surface area contributed by atoms with Gasteiger partial charge in [-0.25, -0.2) is 4.98 Å². The molecule has 4 rings (SSSR count). The maximum absolute atomic E-state index is 12.8. The fraction of sp³-hybridized carbons (Fsp3) is 0.500. The summed E-state index contributed by atoms with van der Waals surface area (Å²) in [4.78, 5) is 19.0. The van der Waals surface area contributed by atoms with E-state index in [1.807, 2.05) is 36.1 Å². The van der Waals surface area contributed by atoms with Gasteiger partial charge < -0.3 is 18.8 Å². The van der Waals surface area contributed by atoms with Gasteiger partial charge in [-0.05, 0) is 44.4 Å². The number of nitrogens with zero attached hydrogens (tertiary/aromatic N) is 2. The Bertz CT molecular complexity index is 760. The van der Waals surface area contributed by atoms with Gasteiger partial charge >= 0.3 is 0 Å². The summed E-state index contributed by atoms with van der Waals surface area (Å²) in [6.45, 7) is 4.41. The highest BCUT2D eigenvalue weighted by molar-refractivity contribution is 5.91. The highest BCUT2D eigenvalue weighted by Gasteiger charge is 2.48. The van der Waals surface area contributed by atoms with Crippen molar-refractivity contribution in [1.82, 2.24) is 9.88 Å². The zero-order valence-electron chi connectivity index (χ0n) is 15.0. The van der Waals surface area contributed by atoms with Crippen molar-refractivity contribution in [1.29, 1.82) is 0 Å². The van der Waals surface area contributed by atoms with E-state index in [0.29, 0.717) is 31.3 Å². The van der Waals surface area contributed by atoms with E-state index in [0.717, 1.165) is 31.6 Å². The summed E-state index contributed by atoms with van der Waals surface area (Å²) < 4.78 is 17.6. The lowest BCUT2D eigenvalue weighted by atomic mass is 9.73. The van der Waals surface area contributed by atoms with Crippen molar-refractivity contribution in [2.45, 2.75) is 32.3 Å². The maximum atomic E-state index is 12.8. The number of rotatable bonds is 4. The predicted octanol–water partition coefficient (Wildman–Crippen LogP) is 3.07. The van der Waals surface area contributed by atoms with Gasteiger partial charge in [0.1, 0.15) is 5.76 Å². The second-order valence-corrected chi connectivity index (χ2v) is 7.21. The quantitative estimate of drug-likeness (QED) is 0.842. The second-order valence-electron chi connectivity index (χ2n) is 7.21. The van der Waals surface area contributed by atoms with Crippen LogP contribution in [0.4, 0.5) is 0 Å².